The Morgan fingerprint density at radius 1 is 1.36 bits per heavy atom. The second-order valence-electron chi connectivity index (χ2n) is 6.27. The normalized spacial score (nSPS) is 24.6. The Morgan fingerprint density at radius 3 is 2.86 bits per heavy atom. The first-order valence-corrected chi connectivity index (χ1v) is 9.68. The molecule has 4 N–H and O–H groups in total. The fourth-order valence-electron chi connectivity index (χ4n) is 3.17. The number of carbonyl (C=O) groups is 1. The molecule has 4 atom stereocenters. The van der Waals surface area contributed by atoms with Gasteiger partial charge in [0.05, 0.1) is 11.2 Å². The van der Waals surface area contributed by atoms with Crippen molar-refractivity contribution in [1.29, 1.82) is 0 Å². The lowest BCUT2D eigenvalue weighted by Gasteiger charge is -2.16. The van der Waals surface area contributed by atoms with E-state index in [2.05, 4.69) is 25.6 Å². The van der Waals surface area contributed by atoms with E-state index in [0.29, 0.717) is 29.4 Å². The molecule has 1 amide bonds. The van der Waals surface area contributed by atoms with Crippen LogP contribution in [0.15, 0.2) is 23.8 Å². The maximum absolute atomic E-state index is 12.1. The van der Waals surface area contributed by atoms with Crippen LogP contribution in [0.2, 0.25) is 0 Å². The minimum absolute atomic E-state index is 0.392. The van der Waals surface area contributed by atoms with Gasteiger partial charge in [-0.05, 0) is 18.4 Å². The van der Waals surface area contributed by atoms with Crippen molar-refractivity contribution in [1.82, 2.24) is 24.8 Å². The second kappa shape index (κ2) is 7.43. The highest BCUT2D eigenvalue weighted by Gasteiger charge is 2.47. The van der Waals surface area contributed by atoms with Crippen LogP contribution in [0.1, 0.15) is 13.2 Å². The Kier molecular flexibility index (Phi) is 4.98. The molecular weight excluding hydrogens is 384 g/mol. The van der Waals surface area contributed by atoms with Gasteiger partial charge in [-0.1, -0.05) is 6.07 Å². The number of nitrogens with one attached hydrogen (secondary N) is 2. The van der Waals surface area contributed by atoms with Gasteiger partial charge in [0, 0.05) is 13.6 Å². The smallest absolute Gasteiger partial charge is 0.252 e. The first-order chi connectivity index (χ1) is 13.5. The summed E-state index contributed by atoms with van der Waals surface area (Å²) >= 11 is 1.50. The standard InChI is InChI=1S/C17H20N6O4S/c1-3-19-16(26)12-10(24)11(25)17(27-12)23-7-20-9-14(18-2)21-13(22-15(9)23)8-5-4-6-28-8/h4-7,10-12,17,24-25H,3H2,1-2H3,(H,19,26)(H,18,21,22)/t10?,11?,12-,17?/m1/s1. The van der Waals surface area contributed by atoms with Gasteiger partial charge in [-0.2, -0.15) is 0 Å². The SMILES string of the molecule is CCNC(=O)[C@@H]1OC(n2cnc3c(NC)nc(-c4cccs4)nc32)C(O)C1O. The molecule has 0 radical (unpaired) electrons. The van der Waals surface area contributed by atoms with E-state index in [1.54, 1.807) is 14.0 Å². The molecule has 1 fully saturated rings. The highest BCUT2D eigenvalue weighted by atomic mass is 32.1. The molecule has 148 valence electrons. The van der Waals surface area contributed by atoms with Crippen LogP contribution in [-0.4, -0.2) is 67.5 Å². The van der Waals surface area contributed by atoms with Crippen LogP contribution in [0.25, 0.3) is 21.9 Å². The van der Waals surface area contributed by atoms with Gasteiger partial charge in [0.1, 0.15) is 12.2 Å². The van der Waals surface area contributed by atoms with Gasteiger partial charge < -0.3 is 25.6 Å². The fraction of sp³-hybridized carbons (Fsp3) is 0.412. The number of thiophene rings is 1. The first kappa shape index (κ1) is 18.7. The van der Waals surface area contributed by atoms with Gasteiger partial charge in [0.2, 0.25) is 0 Å². The fourth-order valence-corrected chi connectivity index (χ4v) is 3.83. The number of hydrogen-bond donors (Lipinski definition) is 4. The molecule has 0 aliphatic carbocycles. The van der Waals surface area contributed by atoms with E-state index in [4.69, 9.17) is 4.74 Å². The maximum atomic E-state index is 12.1. The van der Waals surface area contributed by atoms with Crippen LogP contribution in [-0.2, 0) is 9.53 Å². The van der Waals surface area contributed by atoms with Gasteiger partial charge in [0.25, 0.3) is 5.91 Å². The van der Waals surface area contributed by atoms with Crippen molar-refractivity contribution in [2.45, 2.75) is 31.5 Å². The molecule has 0 aromatic carbocycles. The summed E-state index contributed by atoms with van der Waals surface area (Å²) in [7, 11) is 1.73. The third kappa shape index (κ3) is 3.02. The molecule has 4 rings (SSSR count). The number of aliphatic hydroxyl groups is 2. The summed E-state index contributed by atoms with van der Waals surface area (Å²) in [6.45, 7) is 2.15. The molecule has 0 bridgehead atoms. The quantitative estimate of drug-likeness (QED) is 0.479. The molecule has 1 saturated heterocycles. The maximum Gasteiger partial charge on any atom is 0.252 e. The second-order valence-corrected chi connectivity index (χ2v) is 7.22. The lowest BCUT2D eigenvalue weighted by Crippen LogP contribution is -2.42. The summed E-state index contributed by atoms with van der Waals surface area (Å²) in [5.41, 5.74) is 0.921. The number of nitrogens with zero attached hydrogens (tertiary/aromatic N) is 4. The summed E-state index contributed by atoms with van der Waals surface area (Å²) in [5.74, 6) is 0.549. The minimum atomic E-state index is -1.36. The number of aromatic nitrogens is 4. The number of aliphatic hydroxyl groups excluding tert-OH is 2. The Morgan fingerprint density at radius 2 is 2.18 bits per heavy atom. The number of carbonyl (C=O) groups excluding carboxylic acids is 1. The predicted octanol–water partition coefficient (Wildman–Crippen LogP) is 0.352. The Balaban J connectivity index is 1.77. The van der Waals surface area contributed by atoms with Crippen molar-refractivity contribution in [3.8, 4) is 10.7 Å². The summed E-state index contributed by atoms with van der Waals surface area (Å²) in [4.78, 5) is 26.4. The predicted molar refractivity (Wildman–Crippen MR) is 103 cm³/mol. The largest absolute Gasteiger partial charge is 0.387 e. The molecule has 28 heavy (non-hydrogen) atoms. The minimum Gasteiger partial charge on any atom is -0.387 e. The van der Waals surface area contributed by atoms with Gasteiger partial charge in [-0.3, -0.25) is 9.36 Å². The van der Waals surface area contributed by atoms with Crippen LogP contribution >= 0.6 is 11.3 Å². The van der Waals surface area contributed by atoms with Crippen molar-refractivity contribution in [2.24, 2.45) is 0 Å². The molecule has 11 heteroatoms. The van der Waals surface area contributed by atoms with E-state index >= 15 is 0 Å². The third-order valence-corrected chi connectivity index (χ3v) is 5.39. The highest BCUT2D eigenvalue weighted by Crippen LogP contribution is 2.34. The van der Waals surface area contributed by atoms with Crippen LogP contribution in [0.5, 0.6) is 0 Å². The number of amides is 1. The Hall–Kier alpha value is -2.60. The lowest BCUT2D eigenvalue weighted by molar-refractivity contribution is -0.137. The molecule has 0 saturated carbocycles. The van der Waals surface area contributed by atoms with Crippen molar-refractivity contribution in [2.75, 3.05) is 18.9 Å². The number of anilines is 1. The van der Waals surface area contributed by atoms with E-state index in [0.717, 1.165) is 4.88 Å². The van der Waals surface area contributed by atoms with Gasteiger partial charge in [-0.15, -0.1) is 11.3 Å². The summed E-state index contributed by atoms with van der Waals surface area (Å²) in [5, 5.41) is 28.3. The van der Waals surface area contributed by atoms with E-state index in [-0.39, 0.29) is 0 Å². The number of ether oxygens (including phenoxy) is 1. The molecule has 0 spiro atoms. The van der Waals surface area contributed by atoms with E-state index in [1.807, 2.05) is 17.5 Å². The Labute approximate surface area is 164 Å². The van der Waals surface area contributed by atoms with Gasteiger partial charge in [0.15, 0.2) is 35.1 Å². The number of hydrogen-bond acceptors (Lipinski definition) is 9. The van der Waals surface area contributed by atoms with Crippen molar-refractivity contribution >= 4 is 34.2 Å². The molecule has 4 heterocycles. The van der Waals surface area contributed by atoms with Crippen LogP contribution in [0.3, 0.4) is 0 Å². The average Bonchev–Trinajstić information content (AvgIpc) is 3.42. The molecule has 3 aromatic heterocycles. The van der Waals surface area contributed by atoms with E-state index in [1.165, 1.54) is 22.2 Å². The number of imidazole rings is 1. The molecule has 1 aliphatic rings. The molecule has 10 nitrogen and oxygen atoms in total. The third-order valence-electron chi connectivity index (χ3n) is 4.52. The zero-order chi connectivity index (χ0) is 19.8. The van der Waals surface area contributed by atoms with Crippen LogP contribution in [0.4, 0.5) is 5.82 Å². The molecule has 3 aromatic rings. The monoisotopic (exact) mass is 404 g/mol. The summed E-state index contributed by atoms with van der Waals surface area (Å²) in [6, 6.07) is 3.81. The van der Waals surface area contributed by atoms with Crippen molar-refractivity contribution in [3.63, 3.8) is 0 Å². The van der Waals surface area contributed by atoms with Crippen molar-refractivity contribution < 1.29 is 19.7 Å². The Bertz CT molecular complexity index is 991. The molecule has 3 unspecified atom stereocenters. The lowest BCUT2D eigenvalue weighted by atomic mass is 10.1. The number of rotatable bonds is 5. The first-order valence-electron chi connectivity index (χ1n) is 8.80. The van der Waals surface area contributed by atoms with Crippen LogP contribution in [0, 0.1) is 0 Å². The van der Waals surface area contributed by atoms with E-state index < -0.39 is 30.4 Å². The molecule has 1 aliphatic heterocycles. The average molecular weight is 404 g/mol. The van der Waals surface area contributed by atoms with E-state index in [9.17, 15) is 15.0 Å². The summed E-state index contributed by atoms with van der Waals surface area (Å²) in [6.07, 6.45) is -3.42. The zero-order valence-electron chi connectivity index (χ0n) is 15.2. The van der Waals surface area contributed by atoms with Gasteiger partial charge >= 0.3 is 0 Å². The summed E-state index contributed by atoms with van der Waals surface area (Å²) < 4.78 is 7.21. The highest BCUT2D eigenvalue weighted by molar-refractivity contribution is 7.13. The molecular formula is C17H20N6O4S. The van der Waals surface area contributed by atoms with Crippen molar-refractivity contribution in [3.05, 3.63) is 23.8 Å². The number of likely N-dealkylation sites (N-methyl/N-ethyl adjacent to an activating group) is 1. The number of fused-ring (bicyclic) bond motifs is 1. The topological polar surface area (TPSA) is 134 Å². The van der Waals surface area contributed by atoms with Gasteiger partial charge in [-0.25, -0.2) is 15.0 Å². The zero-order valence-corrected chi connectivity index (χ0v) is 16.1. The van der Waals surface area contributed by atoms with Crippen LogP contribution < -0.4 is 10.6 Å².